The van der Waals surface area contributed by atoms with Gasteiger partial charge in [0.15, 0.2) is 0 Å². The number of hydrogen-bond acceptors (Lipinski definition) is 3. The van der Waals surface area contributed by atoms with Gasteiger partial charge in [0.05, 0.1) is 6.54 Å². The lowest BCUT2D eigenvalue weighted by Crippen LogP contribution is -2.46. The van der Waals surface area contributed by atoms with Crippen LogP contribution in [-0.2, 0) is 4.79 Å². The first-order valence-electron chi connectivity index (χ1n) is 6.96. The van der Waals surface area contributed by atoms with E-state index in [4.69, 9.17) is 0 Å². The van der Waals surface area contributed by atoms with Crippen LogP contribution in [0.1, 0.15) is 46.0 Å². The minimum Gasteiger partial charge on any atom is -0.298 e. The van der Waals surface area contributed by atoms with Gasteiger partial charge >= 0.3 is 0 Å². The normalized spacial score (nSPS) is 26.9. The molecule has 2 rings (SSSR count). The summed E-state index contributed by atoms with van der Waals surface area (Å²) in [5, 5.41) is 0. The van der Waals surface area contributed by atoms with E-state index in [1.807, 2.05) is 11.8 Å². The Morgan fingerprint density at radius 1 is 1.29 bits per heavy atom. The maximum absolute atomic E-state index is 12.2. The summed E-state index contributed by atoms with van der Waals surface area (Å²) < 4.78 is 0.324. The Balaban J connectivity index is 1.81. The second-order valence-corrected chi connectivity index (χ2v) is 7.92. The van der Waals surface area contributed by atoms with Gasteiger partial charge in [-0.05, 0) is 26.7 Å². The van der Waals surface area contributed by atoms with E-state index in [-0.39, 0.29) is 0 Å². The zero-order chi connectivity index (χ0) is 12.3. The van der Waals surface area contributed by atoms with Crippen molar-refractivity contribution in [3.8, 4) is 0 Å². The van der Waals surface area contributed by atoms with E-state index in [0.29, 0.717) is 23.0 Å². The minimum atomic E-state index is 0.324. The molecule has 2 aliphatic rings. The quantitative estimate of drug-likeness (QED) is 0.773. The molecule has 0 aromatic heterocycles. The fourth-order valence-corrected chi connectivity index (χ4v) is 4.20. The molecular weight excluding hydrogens is 230 g/mol. The molecule has 0 spiro atoms. The molecule has 0 radical (unpaired) electrons. The number of rotatable bonds is 3. The smallest absolute Gasteiger partial charge is 0.149 e. The summed E-state index contributed by atoms with van der Waals surface area (Å²) in [6, 6.07) is 0. The zero-order valence-corrected chi connectivity index (χ0v) is 12.0. The molecule has 1 heterocycles. The van der Waals surface area contributed by atoms with E-state index >= 15 is 0 Å². The molecule has 0 aromatic rings. The number of Topliss-reactive ketones (excluding diaryl/α,β-unsaturated/α-hetero) is 1. The highest BCUT2D eigenvalue weighted by Crippen LogP contribution is 2.30. The highest BCUT2D eigenvalue weighted by molar-refractivity contribution is 8.00. The first kappa shape index (κ1) is 13.4. The Morgan fingerprint density at radius 2 is 2.00 bits per heavy atom. The molecular formula is C14H25NOS. The largest absolute Gasteiger partial charge is 0.298 e. The molecule has 1 aliphatic heterocycles. The number of hydrogen-bond donors (Lipinski definition) is 0. The summed E-state index contributed by atoms with van der Waals surface area (Å²) in [5.41, 5.74) is 0. The summed E-state index contributed by atoms with van der Waals surface area (Å²) >= 11 is 2.03. The van der Waals surface area contributed by atoms with Crippen LogP contribution in [0.5, 0.6) is 0 Å². The first-order chi connectivity index (χ1) is 8.07. The topological polar surface area (TPSA) is 20.3 Å². The van der Waals surface area contributed by atoms with Gasteiger partial charge in [0.1, 0.15) is 5.78 Å². The van der Waals surface area contributed by atoms with Crippen molar-refractivity contribution in [1.29, 1.82) is 0 Å². The number of ketones is 1. The van der Waals surface area contributed by atoms with Crippen molar-refractivity contribution in [1.82, 2.24) is 4.90 Å². The molecule has 0 atom stereocenters. The fraction of sp³-hybridized carbons (Fsp3) is 0.929. The van der Waals surface area contributed by atoms with Gasteiger partial charge in [0, 0.05) is 29.5 Å². The number of nitrogens with zero attached hydrogens (tertiary/aromatic N) is 1. The molecule has 0 N–H and O–H groups in total. The Morgan fingerprint density at radius 3 is 2.65 bits per heavy atom. The van der Waals surface area contributed by atoms with Crippen LogP contribution in [0.2, 0.25) is 0 Å². The van der Waals surface area contributed by atoms with Gasteiger partial charge in [0.25, 0.3) is 0 Å². The van der Waals surface area contributed by atoms with Gasteiger partial charge in [-0.25, -0.2) is 0 Å². The zero-order valence-electron chi connectivity index (χ0n) is 11.2. The molecule has 3 heteroatoms. The van der Waals surface area contributed by atoms with Crippen molar-refractivity contribution in [2.24, 2.45) is 5.92 Å². The van der Waals surface area contributed by atoms with Crippen molar-refractivity contribution in [3.63, 3.8) is 0 Å². The van der Waals surface area contributed by atoms with Crippen LogP contribution in [-0.4, -0.2) is 40.8 Å². The van der Waals surface area contributed by atoms with Crippen molar-refractivity contribution < 1.29 is 4.79 Å². The minimum absolute atomic E-state index is 0.324. The summed E-state index contributed by atoms with van der Waals surface area (Å²) in [6.07, 6.45) is 6.14. The van der Waals surface area contributed by atoms with Crippen molar-refractivity contribution >= 4 is 17.5 Å². The third kappa shape index (κ3) is 3.99. The molecule has 0 bridgehead atoms. The summed E-state index contributed by atoms with van der Waals surface area (Å²) in [4.78, 5) is 14.6. The summed E-state index contributed by atoms with van der Waals surface area (Å²) in [6.45, 7) is 7.43. The lowest BCUT2D eigenvalue weighted by Gasteiger charge is -2.37. The van der Waals surface area contributed by atoms with Gasteiger partial charge in [-0.3, -0.25) is 9.69 Å². The van der Waals surface area contributed by atoms with Gasteiger partial charge in [0.2, 0.25) is 0 Å². The standard InChI is InChI=1S/C14H25NOS/c1-14(2)11-15(8-9-17-14)10-13(16)12-6-4-3-5-7-12/h12H,3-11H2,1-2H3. The van der Waals surface area contributed by atoms with E-state index in [0.717, 1.165) is 25.9 Å². The highest BCUT2D eigenvalue weighted by Gasteiger charge is 2.29. The van der Waals surface area contributed by atoms with Crippen LogP contribution in [0.4, 0.5) is 0 Å². The lowest BCUT2D eigenvalue weighted by molar-refractivity contribution is -0.125. The Hall–Kier alpha value is -0.0200. The summed E-state index contributed by atoms with van der Waals surface area (Å²) in [7, 11) is 0. The first-order valence-corrected chi connectivity index (χ1v) is 7.94. The summed E-state index contributed by atoms with van der Waals surface area (Å²) in [5.74, 6) is 2.05. The molecule has 2 fully saturated rings. The predicted octanol–water partition coefficient (Wildman–Crippen LogP) is 2.96. The van der Waals surface area contributed by atoms with Crippen LogP contribution < -0.4 is 0 Å². The monoisotopic (exact) mass is 255 g/mol. The second-order valence-electron chi connectivity index (χ2n) is 6.12. The van der Waals surface area contributed by atoms with Crippen molar-refractivity contribution in [3.05, 3.63) is 0 Å². The van der Waals surface area contributed by atoms with Gasteiger partial charge in [-0.15, -0.1) is 0 Å². The Bertz CT molecular complexity index is 271. The average Bonchev–Trinajstić information content (AvgIpc) is 2.29. The Kier molecular flexibility index (Phi) is 4.53. The van der Waals surface area contributed by atoms with E-state index in [1.165, 1.54) is 25.0 Å². The molecule has 0 amide bonds. The van der Waals surface area contributed by atoms with Crippen LogP contribution >= 0.6 is 11.8 Å². The molecule has 17 heavy (non-hydrogen) atoms. The number of carbonyl (C=O) groups is 1. The lowest BCUT2D eigenvalue weighted by atomic mass is 9.86. The molecule has 1 saturated carbocycles. The molecule has 0 unspecified atom stereocenters. The van der Waals surface area contributed by atoms with Crippen LogP contribution in [0.3, 0.4) is 0 Å². The second kappa shape index (κ2) is 5.75. The predicted molar refractivity (Wildman–Crippen MR) is 74.6 cm³/mol. The number of thioether (sulfide) groups is 1. The molecule has 1 aliphatic carbocycles. The molecule has 1 saturated heterocycles. The molecule has 0 aromatic carbocycles. The van der Waals surface area contributed by atoms with E-state index in [2.05, 4.69) is 18.7 Å². The maximum atomic E-state index is 12.2. The van der Waals surface area contributed by atoms with Crippen molar-refractivity contribution in [2.45, 2.75) is 50.7 Å². The molecule has 98 valence electrons. The SMILES string of the molecule is CC1(C)CN(CC(=O)C2CCCCC2)CCS1. The van der Waals surface area contributed by atoms with E-state index in [9.17, 15) is 4.79 Å². The van der Waals surface area contributed by atoms with E-state index < -0.39 is 0 Å². The fourth-order valence-electron chi connectivity index (χ4n) is 3.02. The van der Waals surface area contributed by atoms with Crippen LogP contribution in [0.15, 0.2) is 0 Å². The van der Waals surface area contributed by atoms with Crippen LogP contribution in [0, 0.1) is 5.92 Å². The van der Waals surface area contributed by atoms with E-state index in [1.54, 1.807) is 0 Å². The van der Waals surface area contributed by atoms with Crippen molar-refractivity contribution in [2.75, 3.05) is 25.4 Å². The average molecular weight is 255 g/mol. The van der Waals surface area contributed by atoms with Gasteiger partial charge in [-0.1, -0.05) is 19.3 Å². The molecule has 2 nitrogen and oxygen atoms in total. The van der Waals surface area contributed by atoms with Gasteiger partial charge < -0.3 is 0 Å². The number of carbonyl (C=O) groups excluding carboxylic acids is 1. The third-order valence-corrected chi connectivity index (χ3v) is 5.24. The maximum Gasteiger partial charge on any atom is 0.149 e. The van der Waals surface area contributed by atoms with Gasteiger partial charge in [-0.2, -0.15) is 11.8 Å². The third-order valence-electron chi connectivity index (χ3n) is 3.94. The Labute approximate surface area is 110 Å². The highest BCUT2D eigenvalue weighted by atomic mass is 32.2. The van der Waals surface area contributed by atoms with Crippen LogP contribution in [0.25, 0.3) is 0 Å².